The van der Waals surface area contributed by atoms with Crippen molar-refractivity contribution in [2.45, 2.75) is 19.6 Å². The van der Waals surface area contributed by atoms with Gasteiger partial charge in [-0.3, -0.25) is 0 Å². The van der Waals surface area contributed by atoms with Crippen LogP contribution in [0.3, 0.4) is 0 Å². The van der Waals surface area contributed by atoms with Gasteiger partial charge in [-0.05, 0) is 42.8 Å². The van der Waals surface area contributed by atoms with E-state index in [1.54, 1.807) is 12.1 Å². The third-order valence-corrected chi connectivity index (χ3v) is 5.97. The van der Waals surface area contributed by atoms with Crippen LogP contribution in [-0.2, 0) is 12.7 Å². The highest BCUT2D eigenvalue weighted by Crippen LogP contribution is 2.31. The van der Waals surface area contributed by atoms with Gasteiger partial charge in [0.25, 0.3) is 0 Å². The smallest absolute Gasteiger partial charge is 0.416 e. The molecule has 1 aliphatic heterocycles. The summed E-state index contributed by atoms with van der Waals surface area (Å²) in [6, 6.07) is 10.5. The Bertz CT molecular complexity index is 1140. The first-order chi connectivity index (χ1) is 14.2. The second kappa shape index (κ2) is 7.96. The molecule has 30 heavy (non-hydrogen) atoms. The quantitative estimate of drug-likeness (QED) is 0.635. The van der Waals surface area contributed by atoms with Crippen molar-refractivity contribution in [1.82, 2.24) is 0 Å². The van der Waals surface area contributed by atoms with E-state index in [0.717, 1.165) is 35.7 Å². The van der Waals surface area contributed by atoms with Gasteiger partial charge in [0, 0.05) is 27.7 Å². The van der Waals surface area contributed by atoms with Crippen LogP contribution in [0, 0.1) is 6.92 Å². The minimum atomic E-state index is -4.35. The number of nitrogens with zero attached hydrogens (tertiary/aromatic N) is 1. The van der Waals surface area contributed by atoms with Crippen molar-refractivity contribution in [2.24, 2.45) is 0 Å². The Kier molecular flexibility index (Phi) is 5.51. The molecule has 1 N–H and O–H groups in total. The van der Waals surface area contributed by atoms with E-state index in [1.807, 2.05) is 17.9 Å². The standard InChI is InChI=1S/C22H20ClF3N2O2/c1-14-9-20-18(12-19(14)23)15(10-21(29)30-20)13-27-5-7-28(8-6-27)17-4-2-3-16(11-17)22(24,25)26/h2-4,9-12H,5-8,13H2,1H3/p+1. The predicted octanol–water partition coefficient (Wildman–Crippen LogP) is 3.68. The van der Waals surface area contributed by atoms with Crippen LogP contribution < -0.4 is 15.4 Å². The van der Waals surface area contributed by atoms with Gasteiger partial charge in [-0.1, -0.05) is 17.7 Å². The second-order valence-electron chi connectivity index (χ2n) is 7.65. The van der Waals surface area contributed by atoms with Crippen LogP contribution in [0.2, 0.25) is 5.02 Å². The molecule has 2 aromatic carbocycles. The number of nitrogens with one attached hydrogen (secondary N) is 1. The van der Waals surface area contributed by atoms with E-state index in [4.69, 9.17) is 16.0 Å². The zero-order chi connectivity index (χ0) is 21.5. The lowest BCUT2D eigenvalue weighted by Gasteiger charge is -2.34. The van der Waals surface area contributed by atoms with Crippen molar-refractivity contribution in [3.05, 3.63) is 74.6 Å². The molecular weight excluding hydrogens is 417 g/mol. The van der Waals surface area contributed by atoms with Gasteiger partial charge >= 0.3 is 11.8 Å². The van der Waals surface area contributed by atoms with Crippen molar-refractivity contribution in [3.63, 3.8) is 0 Å². The number of fused-ring (bicyclic) bond motifs is 1. The van der Waals surface area contributed by atoms with E-state index in [9.17, 15) is 18.0 Å². The molecule has 0 bridgehead atoms. The molecule has 0 saturated carbocycles. The fraction of sp³-hybridized carbons (Fsp3) is 0.318. The molecule has 0 spiro atoms. The lowest BCUT2D eigenvalue weighted by atomic mass is 10.1. The Hall–Kier alpha value is -2.51. The number of hydrogen-bond acceptors (Lipinski definition) is 3. The van der Waals surface area contributed by atoms with Crippen molar-refractivity contribution < 1.29 is 22.5 Å². The van der Waals surface area contributed by atoms with Crippen LogP contribution in [0.1, 0.15) is 16.7 Å². The zero-order valence-corrected chi connectivity index (χ0v) is 17.1. The second-order valence-corrected chi connectivity index (χ2v) is 8.06. The number of quaternary nitrogens is 1. The molecule has 1 fully saturated rings. The molecule has 0 amide bonds. The van der Waals surface area contributed by atoms with Gasteiger partial charge < -0.3 is 14.2 Å². The molecule has 1 aliphatic rings. The maximum Gasteiger partial charge on any atom is 0.416 e. The monoisotopic (exact) mass is 437 g/mol. The summed E-state index contributed by atoms with van der Waals surface area (Å²) in [6.45, 7) is 5.24. The van der Waals surface area contributed by atoms with Gasteiger partial charge in [0.2, 0.25) is 0 Å². The highest BCUT2D eigenvalue weighted by Gasteiger charge is 2.31. The van der Waals surface area contributed by atoms with Gasteiger partial charge in [0.15, 0.2) is 0 Å². The SMILES string of the molecule is Cc1cc2oc(=O)cc(C[NH+]3CCN(c4cccc(C(F)(F)F)c4)CC3)c2cc1Cl. The molecule has 0 unspecified atom stereocenters. The fourth-order valence-corrected chi connectivity index (χ4v) is 4.06. The van der Waals surface area contributed by atoms with Crippen LogP contribution >= 0.6 is 11.6 Å². The van der Waals surface area contributed by atoms with E-state index in [2.05, 4.69) is 0 Å². The summed E-state index contributed by atoms with van der Waals surface area (Å²) in [5.74, 6) is 0. The molecule has 3 aromatic rings. The minimum absolute atomic E-state index is 0.402. The number of aryl methyl sites for hydroxylation is 1. The minimum Gasteiger partial charge on any atom is -0.423 e. The highest BCUT2D eigenvalue weighted by molar-refractivity contribution is 6.32. The lowest BCUT2D eigenvalue weighted by molar-refractivity contribution is -0.914. The molecule has 2 heterocycles. The van der Waals surface area contributed by atoms with Crippen LogP contribution in [-0.4, -0.2) is 26.2 Å². The normalized spacial score (nSPS) is 15.7. The third kappa shape index (κ3) is 4.32. The fourth-order valence-electron chi connectivity index (χ4n) is 3.90. The van der Waals surface area contributed by atoms with Gasteiger partial charge in [-0.25, -0.2) is 4.79 Å². The lowest BCUT2D eigenvalue weighted by Crippen LogP contribution is -3.13. The molecular formula is C22H21ClF3N2O2+. The highest BCUT2D eigenvalue weighted by atomic mass is 35.5. The first kappa shape index (κ1) is 20.8. The number of halogens is 4. The molecule has 8 heteroatoms. The number of benzene rings is 2. The molecule has 4 rings (SSSR count). The van der Waals surface area contributed by atoms with Crippen LogP contribution in [0.15, 0.2) is 51.7 Å². The summed E-state index contributed by atoms with van der Waals surface area (Å²) >= 11 is 6.26. The molecule has 1 aromatic heterocycles. The third-order valence-electron chi connectivity index (χ3n) is 5.56. The van der Waals surface area contributed by atoms with Crippen LogP contribution in [0.25, 0.3) is 11.0 Å². The molecule has 158 valence electrons. The first-order valence-corrected chi connectivity index (χ1v) is 10.1. The van der Waals surface area contributed by atoms with Crippen molar-refractivity contribution >= 4 is 28.3 Å². The Morgan fingerprint density at radius 3 is 2.57 bits per heavy atom. The number of anilines is 1. The van der Waals surface area contributed by atoms with Crippen molar-refractivity contribution in [2.75, 3.05) is 31.1 Å². The summed E-state index contributed by atoms with van der Waals surface area (Å²) in [7, 11) is 0. The molecule has 1 saturated heterocycles. The number of piperazine rings is 1. The van der Waals surface area contributed by atoms with E-state index in [-0.39, 0.29) is 0 Å². The molecule has 0 aliphatic carbocycles. The Morgan fingerprint density at radius 2 is 1.87 bits per heavy atom. The number of hydrogen-bond donors (Lipinski definition) is 1. The van der Waals surface area contributed by atoms with Crippen molar-refractivity contribution in [1.29, 1.82) is 0 Å². The summed E-state index contributed by atoms with van der Waals surface area (Å²) < 4.78 is 44.3. The topological polar surface area (TPSA) is 37.9 Å². The largest absolute Gasteiger partial charge is 0.423 e. The Labute approximate surface area is 176 Å². The summed E-state index contributed by atoms with van der Waals surface area (Å²) in [6.07, 6.45) is -4.35. The Balaban J connectivity index is 1.50. The zero-order valence-electron chi connectivity index (χ0n) is 16.4. The van der Waals surface area contributed by atoms with Gasteiger partial charge in [0.1, 0.15) is 12.1 Å². The molecule has 4 nitrogen and oxygen atoms in total. The van der Waals surface area contributed by atoms with E-state index in [0.29, 0.717) is 35.9 Å². The summed E-state index contributed by atoms with van der Waals surface area (Å²) in [5.41, 5.74) is 1.76. The summed E-state index contributed by atoms with van der Waals surface area (Å²) in [4.78, 5) is 15.2. The van der Waals surface area contributed by atoms with Crippen LogP contribution in [0.5, 0.6) is 0 Å². The predicted molar refractivity (Wildman–Crippen MR) is 110 cm³/mol. The van der Waals surface area contributed by atoms with E-state index >= 15 is 0 Å². The maximum absolute atomic E-state index is 13.0. The first-order valence-electron chi connectivity index (χ1n) is 9.69. The Morgan fingerprint density at radius 1 is 1.13 bits per heavy atom. The number of rotatable bonds is 3. The molecule has 0 radical (unpaired) electrons. The number of alkyl halides is 3. The van der Waals surface area contributed by atoms with Crippen LogP contribution in [0.4, 0.5) is 18.9 Å². The average Bonchev–Trinajstić information content (AvgIpc) is 2.69. The van der Waals surface area contributed by atoms with Gasteiger partial charge in [-0.2, -0.15) is 13.2 Å². The maximum atomic E-state index is 13.0. The van der Waals surface area contributed by atoms with Gasteiger partial charge in [-0.15, -0.1) is 0 Å². The summed E-state index contributed by atoms with van der Waals surface area (Å²) in [5, 5.41) is 1.43. The van der Waals surface area contributed by atoms with E-state index < -0.39 is 17.4 Å². The molecule has 0 atom stereocenters. The van der Waals surface area contributed by atoms with Gasteiger partial charge in [0.05, 0.1) is 31.7 Å². The van der Waals surface area contributed by atoms with Crippen molar-refractivity contribution in [3.8, 4) is 0 Å². The average molecular weight is 438 g/mol. The van der Waals surface area contributed by atoms with E-state index in [1.165, 1.54) is 23.1 Å².